The second-order valence-electron chi connectivity index (χ2n) is 2.09. The third-order valence-corrected chi connectivity index (χ3v) is 1.34. The number of hydrogen-bond donors (Lipinski definition) is 0. The van der Waals surface area contributed by atoms with Crippen molar-refractivity contribution >= 4 is 5.97 Å². The Hall–Kier alpha value is -1.82. The summed E-state index contributed by atoms with van der Waals surface area (Å²) in [6, 6.07) is 5.99. The molecule has 0 spiro atoms. The summed E-state index contributed by atoms with van der Waals surface area (Å²) in [5.41, 5.74) is 0.617. The highest BCUT2D eigenvalue weighted by Gasteiger charge is 2.06. The van der Waals surface area contributed by atoms with Crippen LogP contribution in [0.15, 0.2) is 24.3 Å². The zero-order chi connectivity index (χ0) is 8.97. The molecular weight excluding hydrogens is 159 g/mol. The molecule has 0 aliphatic heterocycles. The standard InChI is InChI=1S/C9H5FO2/c1-2-7-4-3-5-8(6-7)9(11)12-10/h1,3-6H. The highest BCUT2D eigenvalue weighted by molar-refractivity contribution is 5.89. The number of carbonyl (C=O) groups is 1. The van der Waals surface area contributed by atoms with Gasteiger partial charge in [-0.15, -0.1) is 6.42 Å². The molecule has 2 nitrogen and oxygen atoms in total. The van der Waals surface area contributed by atoms with Gasteiger partial charge in [0.2, 0.25) is 0 Å². The maximum Gasteiger partial charge on any atom is 0.379 e. The van der Waals surface area contributed by atoms with E-state index in [1.807, 2.05) is 0 Å². The topological polar surface area (TPSA) is 26.3 Å². The van der Waals surface area contributed by atoms with Crippen LogP contribution in [-0.2, 0) is 4.94 Å². The van der Waals surface area contributed by atoms with E-state index in [9.17, 15) is 9.32 Å². The van der Waals surface area contributed by atoms with Crippen LogP contribution in [0.4, 0.5) is 4.53 Å². The van der Waals surface area contributed by atoms with Crippen molar-refractivity contribution in [3.8, 4) is 12.3 Å². The van der Waals surface area contributed by atoms with E-state index in [1.54, 1.807) is 12.1 Å². The Balaban J connectivity index is 3.04. The fourth-order valence-electron chi connectivity index (χ4n) is 0.780. The summed E-state index contributed by atoms with van der Waals surface area (Å²) in [6.07, 6.45) is 5.06. The lowest BCUT2D eigenvalue weighted by atomic mass is 10.1. The van der Waals surface area contributed by atoms with Crippen LogP contribution in [0.1, 0.15) is 15.9 Å². The summed E-state index contributed by atoms with van der Waals surface area (Å²) < 4.78 is 11.4. The molecule has 1 aromatic carbocycles. The number of halogens is 1. The third kappa shape index (κ3) is 1.61. The number of benzene rings is 1. The number of hydrogen-bond acceptors (Lipinski definition) is 2. The quantitative estimate of drug-likeness (QED) is 0.590. The summed E-state index contributed by atoms with van der Waals surface area (Å²) in [4.78, 5) is 13.6. The molecule has 1 rings (SSSR count). The van der Waals surface area contributed by atoms with Gasteiger partial charge < -0.3 is 0 Å². The van der Waals surface area contributed by atoms with E-state index in [1.165, 1.54) is 12.1 Å². The van der Waals surface area contributed by atoms with E-state index in [2.05, 4.69) is 10.9 Å². The molecule has 0 aromatic heterocycles. The Morgan fingerprint density at radius 1 is 1.58 bits per heavy atom. The zero-order valence-corrected chi connectivity index (χ0v) is 6.08. The summed E-state index contributed by atoms with van der Waals surface area (Å²) in [5.74, 6) is 1.28. The molecule has 12 heavy (non-hydrogen) atoms. The maximum atomic E-state index is 11.4. The van der Waals surface area contributed by atoms with Gasteiger partial charge in [0.25, 0.3) is 0 Å². The molecule has 0 saturated carbocycles. The van der Waals surface area contributed by atoms with Crippen LogP contribution in [0, 0.1) is 12.3 Å². The minimum atomic E-state index is -1.04. The average molecular weight is 164 g/mol. The molecule has 0 atom stereocenters. The van der Waals surface area contributed by atoms with Crippen LogP contribution >= 0.6 is 0 Å². The van der Waals surface area contributed by atoms with Gasteiger partial charge in [0, 0.05) is 10.1 Å². The third-order valence-electron chi connectivity index (χ3n) is 1.34. The highest BCUT2D eigenvalue weighted by Crippen LogP contribution is 2.05. The van der Waals surface area contributed by atoms with Crippen molar-refractivity contribution in [1.82, 2.24) is 0 Å². The van der Waals surface area contributed by atoms with E-state index >= 15 is 0 Å². The van der Waals surface area contributed by atoms with Gasteiger partial charge in [-0.2, -0.15) is 0 Å². The van der Waals surface area contributed by atoms with Crippen molar-refractivity contribution in [3.63, 3.8) is 0 Å². The van der Waals surface area contributed by atoms with E-state index in [-0.39, 0.29) is 5.56 Å². The van der Waals surface area contributed by atoms with Crippen molar-refractivity contribution in [2.75, 3.05) is 0 Å². The fraction of sp³-hybridized carbons (Fsp3) is 0. The molecule has 0 amide bonds. The lowest BCUT2D eigenvalue weighted by Crippen LogP contribution is -1.98. The smallest absolute Gasteiger partial charge is 0.249 e. The largest absolute Gasteiger partial charge is 0.379 e. The summed E-state index contributed by atoms with van der Waals surface area (Å²) in [7, 11) is 0. The number of rotatable bonds is 1. The van der Waals surface area contributed by atoms with Gasteiger partial charge >= 0.3 is 5.97 Å². The van der Waals surface area contributed by atoms with Crippen LogP contribution in [-0.4, -0.2) is 5.97 Å². The molecule has 0 saturated heterocycles. The Labute approximate surface area is 68.9 Å². The SMILES string of the molecule is C#Cc1cccc(C(=O)OF)c1. The zero-order valence-electron chi connectivity index (χ0n) is 6.08. The van der Waals surface area contributed by atoms with Crippen molar-refractivity contribution in [1.29, 1.82) is 0 Å². The Morgan fingerprint density at radius 2 is 2.33 bits per heavy atom. The summed E-state index contributed by atoms with van der Waals surface area (Å²) in [5, 5.41) is 0. The monoisotopic (exact) mass is 164 g/mol. The predicted octanol–water partition coefficient (Wildman–Crippen LogP) is 1.71. The van der Waals surface area contributed by atoms with E-state index in [0.29, 0.717) is 5.56 Å². The Morgan fingerprint density at radius 3 is 2.92 bits per heavy atom. The molecule has 3 heteroatoms. The highest BCUT2D eigenvalue weighted by atomic mass is 19.3. The van der Waals surface area contributed by atoms with Gasteiger partial charge in [0.05, 0.1) is 5.56 Å². The van der Waals surface area contributed by atoms with Gasteiger partial charge in [0.15, 0.2) is 0 Å². The maximum absolute atomic E-state index is 11.4. The molecular formula is C9H5FO2. The molecule has 0 radical (unpaired) electrons. The first-order chi connectivity index (χ1) is 5.77. The number of terminal acetylenes is 1. The normalized spacial score (nSPS) is 8.67. The van der Waals surface area contributed by atoms with Crippen LogP contribution in [0.5, 0.6) is 0 Å². The van der Waals surface area contributed by atoms with E-state index in [4.69, 9.17) is 6.42 Å². The fourth-order valence-corrected chi connectivity index (χ4v) is 0.780. The predicted molar refractivity (Wildman–Crippen MR) is 40.9 cm³/mol. The molecule has 0 aliphatic carbocycles. The van der Waals surface area contributed by atoms with Crippen LogP contribution in [0.3, 0.4) is 0 Å². The molecule has 60 valence electrons. The lowest BCUT2D eigenvalue weighted by Gasteiger charge is -1.94. The van der Waals surface area contributed by atoms with Gasteiger partial charge in [-0.1, -0.05) is 12.0 Å². The average Bonchev–Trinajstić information content (AvgIpc) is 2.17. The van der Waals surface area contributed by atoms with Crippen LogP contribution in [0.25, 0.3) is 0 Å². The summed E-state index contributed by atoms with van der Waals surface area (Å²) >= 11 is 0. The van der Waals surface area contributed by atoms with Gasteiger partial charge in [0.1, 0.15) is 0 Å². The second-order valence-corrected chi connectivity index (χ2v) is 2.09. The van der Waals surface area contributed by atoms with E-state index < -0.39 is 5.97 Å². The first kappa shape index (κ1) is 8.28. The van der Waals surface area contributed by atoms with Crippen LogP contribution in [0.2, 0.25) is 0 Å². The van der Waals surface area contributed by atoms with Crippen molar-refractivity contribution in [3.05, 3.63) is 35.4 Å². The van der Waals surface area contributed by atoms with Gasteiger partial charge in [-0.25, -0.2) is 9.74 Å². The van der Waals surface area contributed by atoms with E-state index in [0.717, 1.165) is 0 Å². The first-order valence-electron chi connectivity index (χ1n) is 3.17. The van der Waals surface area contributed by atoms with Gasteiger partial charge in [-0.05, 0) is 18.2 Å². The Bertz CT molecular complexity index is 339. The molecule has 0 N–H and O–H groups in total. The van der Waals surface area contributed by atoms with Crippen molar-refractivity contribution in [2.24, 2.45) is 0 Å². The minimum absolute atomic E-state index is 0.105. The Kier molecular flexibility index (Phi) is 2.44. The summed E-state index contributed by atoms with van der Waals surface area (Å²) in [6.45, 7) is 0. The number of carbonyl (C=O) groups excluding carboxylic acids is 1. The molecule has 0 unspecified atom stereocenters. The van der Waals surface area contributed by atoms with Crippen LogP contribution < -0.4 is 0 Å². The second kappa shape index (κ2) is 3.54. The lowest BCUT2D eigenvalue weighted by molar-refractivity contribution is -0.0788. The van der Waals surface area contributed by atoms with Crippen molar-refractivity contribution in [2.45, 2.75) is 0 Å². The molecule has 0 aliphatic rings. The molecule has 0 bridgehead atoms. The molecule has 1 aromatic rings. The first-order valence-corrected chi connectivity index (χ1v) is 3.17. The van der Waals surface area contributed by atoms with Gasteiger partial charge in [-0.3, -0.25) is 0 Å². The molecule has 0 fully saturated rings. The molecule has 0 heterocycles. The minimum Gasteiger partial charge on any atom is -0.249 e. The van der Waals surface area contributed by atoms with Crippen molar-refractivity contribution < 1.29 is 14.3 Å².